The predicted molar refractivity (Wildman–Crippen MR) is 106 cm³/mol. The van der Waals surface area contributed by atoms with Crippen molar-refractivity contribution in [1.82, 2.24) is 19.7 Å². The van der Waals surface area contributed by atoms with Gasteiger partial charge in [0.05, 0.1) is 5.52 Å². The minimum absolute atomic E-state index is 0.00697. The Labute approximate surface area is 158 Å². The first-order chi connectivity index (χ1) is 12.9. The summed E-state index contributed by atoms with van der Waals surface area (Å²) in [5, 5.41) is 3.95. The number of likely N-dealkylation sites (tertiary alicyclic amines) is 1. The van der Waals surface area contributed by atoms with Crippen molar-refractivity contribution >= 4 is 22.8 Å². The van der Waals surface area contributed by atoms with Crippen molar-refractivity contribution in [2.45, 2.75) is 24.9 Å². The Kier molecular flexibility index (Phi) is 4.26. The molecule has 0 radical (unpaired) electrons. The highest BCUT2D eigenvalue weighted by atomic mass is 16.2. The fourth-order valence-corrected chi connectivity index (χ4v) is 3.97. The molecule has 7 heteroatoms. The van der Waals surface area contributed by atoms with E-state index in [2.05, 4.69) is 15.2 Å². The second-order valence-electron chi connectivity index (χ2n) is 7.68. The Hall–Kier alpha value is -2.67. The van der Waals surface area contributed by atoms with E-state index in [1.165, 1.54) is 0 Å². The van der Waals surface area contributed by atoms with Gasteiger partial charge in [-0.3, -0.25) is 19.8 Å². The molecule has 1 aromatic carbocycles. The maximum absolute atomic E-state index is 12.7. The molecule has 0 bridgehead atoms. The van der Waals surface area contributed by atoms with Gasteiger partial charge in [0.25, 0.3) is 11.5 Å². The Morgan fingerprint density at radius 2 is 1.89 bits per heavy atom. The van der Waals surface area contributed by atoms with E-state index in [4.69, 9.17) is 0 Å². The fraction of sp³-hybridized carbons (Fsp3) is 0.450. The highest BCUT2D eigenvalue weighted by molar-refractivity contribution is 6.07. The number of benzene rings is 1. The summed E-state index contributed by atoms with van der Waals surface area (Å²) in [6.07, 6.45) is 1.34. The second-order valence-corrected chi connectivity index (χ2v) is 7.68. The van der Waals surface area contributed by atoms with Gasteiger partial charge < -0.3 is 9.47 Å². The largest absolute Gasteiger partial charge is 0.349 e. The molecule has 3 heterocycles. The van der Waals surface area contributed by atoms with Crippen LogP contribution in [0.3, 0.4) is 0 Å². The van der Waals surface area contributed by atoms with Crippen LogP contribution in [0.1, 0.15) is 18.4 Å². The number of amides is 1. The first-order valence-electron chi connectivity index (χ1n) is 9.28. The summed E-state index contributed by atoms with van der Waals surface area (Å²) in [6.45, 7) is 2.08. The number of nitrogens with zero attached hydrogens (tertiary/aromatic N) is 4. The predicted octanol–water partition coefficient (Wildman–Crippen LogP) is 0.920. The molecule has 0 aliphatic carbocycles. The molecule has 7 nitrogen and oxygen atoms in total. The van der Waals surface area contributed by atoms with E-state index in [1.807, 2.05) is 56.4 Å². The highest BCUT2D eigenvalue weighted by Gasteiger charge is 2.46. The van der Waals surface area contributed by atoms with Crippen LogP contribution in [0.5, 0.6) is 0 Å². The van der Waals surface area contributed by atoms with E-state index in [0.717, 1.165) is 29.6 Å². The minimum atomic E-state index is -0.648. The Bertz CT molecular complexity index is 984. The van der Waals surface area contributed by atoms with Crippen LogP contribution in [0.25, 0.3) is 10.9 Å². The molecule has 2 aromatic rings. The standard InChI is InChI=1S/C20H25N5O2/c1-23(2)19-21-18(27)20(22-19)8-10-25(11-9-20)13-15-12-14-6-4-5-7-16(14)24(3)17(15)26/h4-7,12H,8-11,13H2,1-3H3,(H,21,22,27). The van der Waals surface area contributed by atoms with Gasteiger partial charge >= 0.3 is 0 Å². The van der Waals surface area contributed by atoms with Crippen molar-refractivity contribution in [1.29, 1.82) is 0 Å². The molecule has 0 atom stereocenters. The zero-order valence-corrected chi connectivity index (χ0v) is 16.0. The lowest BCUT2D eigenvalue weighted by Gasteiger charge is -2.35. The summed E-state index contributed by atoms with van der Waals surface area (Å²) in [5.74, 6) is 0.629. The molecule has 2 aliphatic rings. The van der Waals surface area contributed by atoms with Crippen LogP contribution in [0.2, 0.25) is 0 Å². The van der Waals surface area contributed by atoms with Gasteiger partial charge in [-0.1, -0.05) is 18.2 Å². The molecule has 142 valence electrons. The normalized spacial score (nSPS) is 19.4. The zero-order chi connectivity index (χ0) is 19.2. The number of carbonyl (C=O) groups excluding carboxylic acids is 1. The van der Waals surface area contributed by atoms with Gasteiger partial charge in [-0.05, 0) is 30.4 Å². The lowest BCUT2D eigenvalue weighted by Crippen LogP contribution is -2.49. The van der Waals surface area contributed by atoms with E-state index in [0.29, 0.717) is 25.3 Å². The summed E-state index contributed by atoms with van der Waals surface area (Å²) in [6, 6.07) is 9.92. The number of para-hydroxylation sites is 1. The summed E-state index contributed by atoms with van der Waals surface area (Å²) in [4.78, 5) is 33.9. The van der Waals surface area contributed by atoms with E-state index in [-0.39, 0.29) is 11.5 Å². The number of rotatable bonds is 2. The van der Waals surface area contributed by atoms with Gasteiger partial charge in [-0.15, -0.1) is 0 Å². The minimum Gasteiger partial charge on any atom is -0.349 e. The topological polar surface area (TPSA) is 69.9 Å². The van der Waals surface area contributed by atoms with Crippen molar-refractivity contribution in [2.75, 3.05) is 27.2 Å². The lowest BCUT2D eigenvalue weighted by molar-refractivity contribution is -0.125. The molecule has 27 heavy (non-hydrogen) atoms. The zero-order valence-electron chi connectivity index (χ0n) is 16.0. The third-order valence-corrected chi connectivity index (χ3v) is 5.68. The quantitative estimate of drug-likeness (QED) is 0.857. The average molecular weight is 367 g/mol. The van der Waals surface area contributed by atoms with Crippen LogP contribution < -0.4 is 10.9 Å². The van der Waals surface area contributed by atoms with Crippen molar-refractivity contribution < 1.29 is 4.79 Å². The molecule has 0 saturated carbocycles. The molecule has 0 unspecified atom stereocenters. The number of fused-ring (bicyclic) bond motifs is 1. The SMILES string of the molecule is CN(C)C1=NC2(CCN(Cc3cc4ccccc4n(C)c3=O)CC2)C(=O)N1. The monoisotopic (exact) mass is 367 g/mol. The fourth-order valence-electron chi connectivity index (χ4n) is 3.97. The highest BCUT2D eigenvalue weighted by Crippen LogP contribution is 2.30. The molecular formula is C20H25N5O2. The van der Waals surface area contributed by atoms with Crippen LogP contribution in [0.4, 0.5) is 0 Å². The van der Waals surface area contributed by atoms with E-state index in [1.54, 1.807) is 4.57 Å². The molecule has 1 saturated heterocycles. The summed E-state index contributed by atoms with van der Waals surface area (Å²) in [7, 11) is 5.57. The Morgan fingerprint density at radius 1 is 1.19 bits per heavy atom. The van der Waals surface area contributed by atoms with Gasteiger partial charge in [0.1, 0.15) is 5.54 Å². The first kappa shape index (κ1) is 17.7. The van der Waals surface area contributed by atoms with Gasteiger partial charge in [-0.25, -0.2) is 4.99 Å². The third kappa shape index (κ3) is 3.02. The number of nitrogens with one attached hydrogen (secondary N) is 1. The molecule has 1 N–H and O–H groups in total. The van der Waals surface area contributed by atoms with E-state index >= 15 is 0 Å². The van der Waals surface area contributed by atoms with E-state index in [9.17, 15) is 9.59 Å². The molecule has 2 aliphatic heterocycles. The van der Waals surface area contributed by atoms with Crippen LogP contribution in [0.15, 0.2) is 40.1 Å². The number of hydrogen-bond acceptors (Lipinski definition) is 5. The van der Waals surface area contributed by atoms with Gasteiger partial charge in [0.15, 0.2) is 0 Å². The Morgan fingerprint density at radius 3 is 2.56 bits per heavy atom. The number of aliphatic imine (C=N–C) groups is 1. The number of aryl methyl sites for hydroxylation is 1. The average Bonchev–Trinajstić information content (AvgIpc) is 2.98. The first-order valence-corrected chi connectivity index (χ1v) is 9.28. The smallest absolute Gasteiger partial charge is 0.255 e. The van der Waals surface area contributed by atoms with Crippen molar-refractivity contribution in [3.05, 3.63) is 46.2 Å². The lowest BCUT2D eigenvalue weighted by atomic mass is 9.88. The molecule has 1 fully saturated rings. The van der Waals surface area contributed by atoms with Crippen LogP contribution in [0, 0.1) is 0 Å². The number of pyridine rings is 1. The number of guanidine groups is 1. The maximum Gasteiger partial charge on any atom is 0.255 e. The van der Waals surface area contributed by atoms with Gasteiger partial charge in [0.2, 0.25) is 5.96 Å². The van der Waals surface area contributed by atoms with Crippen LogP contribution in [-0.2, 0) is 18.4 Å². The third-order valence-electron chi connectivity index (χ3n) is 5.68. The molecule has 1 spiro atoms. The van der Waals surface area contributed by atoms with Crippen LogP contribution >= 0.6 is 0 Å². The number of piperidine rings is 1. The number of aromatic nitrogens is 1. The number of carbonyl (C=O) groups is 1. The maximum atomic E-state index is 12.7. The second kappa shape index (κ2) is 6.49. The summed E-state index contributed by atoms with van der Waals surface area (Å²) >= 11 is 0. The van der Waals surface area contributed by atoms with Crippen molar-refractivity contribution in [3.8, 4) is 0 Å². The number of hydrogen-bond donors (Lipinski definition) is 1. The van der Waals surface area contributed by atoms with Gasteiger partial charge in [-0.2, -0.15) is 0 Å². The van der Waals surface area contributed by atoms with Gasteiger partial charge in [0, 0.05) is 46.3 Å². The van der Waals surface area contributed by atoms with Crippen molar-refractivity contribution in [3.63, 3.8) is 0 Å². The molecule has 1 aromatic heterocycles. The Balaban J connectivity index is 1.52. The summed E-state index contributed by atoms with van der Waals surface area (Å²) in [5.41, 5.74) is 1.13. The summed E-state index contributed by atoms with van der Waals surface area (Å²) < 4.78 is 1.72. The van der Waals surface area contributed by atoms with Crippen molar-refractivity contribution in [2.24, 2.45) is 12.0 Å². The molecule has 1 amide bonds. The van der Waals surface area contributed by atoms with E-state index < -0.39 is 5.54 Å². The molecule has 4 rings (SSSR count). The van der Waals surface area contributed by atoms with Crippen LogP contribution in [-0.4, -0.2) is 59.0 Å². The molecular weight excluding hydrogens is 342 g/mol.